The predicted molar refractivity (Wildman–Crippen MR) is 89.9 cm³/mol. The zero-order chi connectivity index (χ0) is 15.4. The molecule has 3 rings (SSSR count). The highest BCUT2D eigenvalue weighted by atomic mass is 32.1. The Morgan fingerprint density at radius 2 is 2.14 bits per heavy atom. The van der Waals surface area contributed by atoms with E-state index in [-0.39, 0.29) is 0 Å². The van der Waals surface area contributed by atoms with E-state index in [0.29, 0.717) is 12.5 Å². The van der Waals surface area contributed by atoms with E-state index in [9.17, 15) is 0 Å². The summed E-state index contributed by atoms with van der Waals surface area (Å²) < 4.78 is 5.32. The Bertz CT molecular complexity index is 760. The highest BCUT2D eigenvalue weighted by Crippen LogP contribution is 2.24. The number of furan rings is 1. The van der Waals surface area contributed by atoms with Crippen LogP contribution < -0.4 is 11.1 Å². The Balaban J connectivity index is 1.62. The largest absolute Gasteiger partial charge is 0.462 e. The Labute approximate surface area is 132 Å². The predicted octanol–water partition coefficient (Wildman–Crippen LogP) is 3.64. The Kier molecular flexibility index (Phi) is 4.20. The highest BCUT2D eigenvalue weighted by Gasteiger charge is 2.06. The molecule has 0 fully saturated rings. The van der Waals surface area contributed by atoms with Crippen molar-refractivity contribution in [3.05, 3.63) is 59.3 Å². The van der Waals surface area contributed by atoms with Crippen LogP contribution in [0.3, 0.4) is 0 Å². The molecule has 1 aromatic carbocycles. The van der Waals surface area contributed by atoms with E-state index < -0.39 is 0 Å². The number of anilines is 1. The number of thiazole rings is 1. The molecule has 0 bridgehead atoms. The first kappa shape index (κ1) is 14.3. The van der Waals surface area contributed by atoms with E-state index in [4.69, 9.17) is 10.2 Å². The van der Waals surface area contributed by atoms with Crippen molar-refractivity contribution in [1.29, 1.82) is 0 Å². The number of nitrogens with two attached hydrogens (primary N) is 1. The number of guanidine groups is 1. The van der Waals surface area contributed by atoms with Crippen molar-refractivity contribution in [2.75, 3.05) is 5.32 Å². The fraction of sp³-hybridized carbons (Fsp3) is 0.125. The smallest absolute Gasteiger partial charge is 0.193 e. The summed E-state index contributed by atoms with van der Waals surface area (Å²) in [5, 5.41) is 5.86. The molecule has 3 N–H and O–H groups in total. The number of aliphatic imine (C=N–C) groups is 1. The van der Waals surface area contributed by atoms with Crippen molar-refractivity contribution >= 4 is 23.0 Å². The lowest BCUT2D eigenvalue weighted by Gasteiger charge is -2.05. The average Bonchev–Trinajstić information content (AvgIpc) is 3.18. The number of nitrogens with one attached hydrogen (secondary N) is 1. The van der Waals surface area contributed by atoms with Gasteiger partial charge in [-0.1, -0.05) is 17.7 Å². The summed E-state index contributed by atoms with van der Waals surface area (Å²) >= 11 is 1.53. The van der Waals surface area contributed by atoms with Crippen LogP contribution in [-0.4, -0.2) is 10.9 Å². The first-order valence-electron chi connectivity index (χ1n) is 6.82. The lowest BCUT2D eigenvalue weighted by atomic mass is 10.2. The molecular weight excluding hydrogens is 296 g/mol. The zero-order valence-corrected chi connectivity index (χ0v) is 12.9. The molecule has 2 aromatic heterocycles. The van der Waals surface area contributed by atoms with E-state index in [1.54, 1.807) is 6.26 Å². The summed E-state index contributed by atoms with van der Waals surface area (Å²) in [5.41, 5.74) is 8.88. The minimum atomic E-state index is 0.372. The molecule has 0 radical (unpaired) electrons. The van der Waals surface area contributed by atoms with Gasteiger partial charge in [0, 0.05) is 11.1 Å². The number of aryl methyl sites for hydroxylation is 1. The molecule has 112 valence electrons. The average molecular weight is 312 g/mol. The van der Waals surface area contributed by atoms with Gasteiger partial charge in [0.2, 0.25) is 0 Å². The molecule has 0 atom stereocenters. The van der Waals surface area contributed by atoms with Crippen LogP contribution >= 0.6 is 11.3 Å². The van der Waals surface area contributed by atoms with Gasteiger partial charge < -0.3 is 15.5 Å². The topological polar surface area (TPSA) is 76.4 Å². The van der Waals surface area contributed by atoms with E-state index in [1.807, 2.05) is 48.7 Å². The molecular formula is C16H16N4OS. The lowest BCUT2D eigenvalue weighted by molar-refractivity contribution is 0.581. The van der Waals surface area contributed by atoms with Crippen molar-refractivity contribution in [3.63, 3.8) is 0 Å². The number of hydrogen-bond acceptors (Lipinski definition) is 4. The summed E-state index contributed by atoms with van der Waals surface area (Å²) in [4.78, 5) is 8.78. The molecule has 5 nitrogen and oxygen atoms in total. The molecule has 22 heavy (non-hydrogen) atoms. The SMILES string of the molecule is Cc1ccc(NC(N)=NCc2csc(-c3ccco3)n2)cc1. The third-order valence-corrected chi connectivity index (χ3v) is 3.92. The monoisotopic (exact) mass is 312 g/mol. The van der Waals surface area contributed by atoms with Gasteiger partial charge in [-0.15, -0.1) is 11.3 Å². The van der Waals surface area contributed by atoms with E-state index in [1.165, 1.54) is 16.9 Å². The van der Waals surface area contributed by atoms with Gasteiger partial charge in [-0.05, 0) is 31.2 Å². The molecule has 0 saturated carbocycles. The summed E-state index contributed by atoms with van der Waals surface area (Å²) in [7, 11) is 0. The number of rotatable bonds is 4. The van der Waals surface area contributed by atoms with Gasteiger partial charge in [-0.3, -0.25) is 0 Å². The molecule has 0 amide bonds. The second-order valence-electron chi connectivity index (χ2n) is 4.81. The first-order valence-corrected chi connectivity index (χ1v) is 7.70. The minimum Gasteiger partial charge on any atom is -0.462 e. The summed E-state index contributed by atoms with van der Waals surface area (Å²) in [6.07, 6.45) is 1.64. The maximum absolute atomic E-state index is 5.89. The van der Waals surface area contributed by atoms with Crippen LogP contribution in [0.5, 0.6) is 0 Å². The number of nitrogens with zero attached hydrogens (tertiary/aromatic N) is 2. The molecule has 0 aliphatic rings. The molecule has 0 aliphatic heterocycles. The van der Waals surface area contributed by atoms with Gasteiger partial charge >= 0.3 is 0 Å². The van der Waals surface area contributed by atoms with Crippen molar-refractivity contribution < 1.29 is 4.42 Å². The fourth-order valence-corrected chi connectivity index (χ4v) is 2.66. The number of benzene rings is 1. The van der Waals surface area contributed by atoms with Crippen molar-refractivity contribution in [2.45, 2.75) is 13.5 Å². The van der Waals surface area contributed by atoms with E-state index in [2.05, 4.69) is 15.3 Å². The molecule has 6 heteroatoms. The number of aromatic nitrogens is 1. The third kappa shape index (κ3) is 3.53. The number of hydrogen-bond donors (Lipinski definition) is 2. The van der Waals surface area contributed by atoms with E-state index in [0.717, 1.165) is 22.1 Å². The molecule has 0 spiro atoms. The van der Waals surface area contributed by atoms with E-state index >= 15 is 0 Å². The Hall–Kier alpha value is -2.60. The summed E-state index contributed by atoms with van der Waals surface area (Å²) in [5.74, 6) is 1.14. The quantitative estimate of drug-likeness (QED) is 0.569. The molecule has 0 saturated heterocycles. The normalized spacial score (nSPS) is 11.6. The molecule has 3 aromatic rings. The maximum atomic E-state index is 5.89. The van der Waals surface area contributed by atoms with Crippen LogP contribution in [0, 0.1) is 6.92 Å². The van der Waals surface area contributed by atoms with Crippen LogP contribution in [-0.2, 0) is 6.54 Å². The third-order valence-electron chi connectivity index (χ3n) is 3.02. The highest BCUT2D eigenvalue weighted by molar-refractivity contribution is 7.13. The molecule has 0 aliphatic carbocycles. The second-order valence-corrected chi connectivity index (χ2v) is 5.67. The summed E-state index contributed by atoms with van der Waals surface area (Å²) in [6, 6.07) is 11.7. The second kappa shape index (κ2) is 6.44. The minimum absolute atomic E-state index is 0.372. The van der Waals surface area contributed by atoms with Crippen LogP contribution in [0.4, 0.5) is 5.69 Å². The van der Waals surface area contributed by atoms with Crippen molar-refractivity contribution in [3.8, 4) is 10.8 Å². The van der Waals surface area contributed by atoms with Gasteiger partial charge in [0.15, 0.2) is 16.7 Å². The van der Waals surface area contributed by atoms with Crippen LogP contribution in [0.2, 0.25) is 0 Å². The van der Waals surface area contributed by atoms with Crippen molar-refractivity contribution in [1.82, 2.24) is 4.98 Å². The maximum Gasteiger partial charge on any atom is 0.193 e. The van der Waals surface area contributed by atoms with Gasteiger partial charge in [-0.2, -0.15) is 0 Å². The van der Waals surface area contributed by atoms with Crippen LogP contribution in [0.25, 0.3) is 10.8 Å². The summed E-state index contributed by atoms with van der Waals surface area (Å²) in [6.45, 7) is 2.47. The first-order chi connectivity index (χ1) is 10.7. The van der Waals surface area contributed by atoms with Crippen LogP contribution in [0.1, 0.15) is 11.3 Å². The fourth-order valence-electron chi connectivity index (χ4n) is 1.88. The van der Waals surface area contributed by atoms with Gasteiger partial charge in [0.05, 0.1) is 18.5 Å². The van der Waals surface area contributed by atoms with Gasteiger partial charge in [0.1, 0.15) is 0 Å². The Morgan fingerprint density at radius 3 is 2.86 bits per heavy atom. The van der Waals surface area contributed by atoms with Crippen molar-refractivity contribution in [2.24, 2.45) is 10.7 Å². The molecule has 2 heterocycles. The Morgan fingerprint density at radius 1 is 1.32 bits per heavy atom. The van der Waals surface area contributed by atoms with Crippen LogP contribution in [0.15, 0.2) is 57.5 Å². The molecule has 0 unspecified atom stereocenters. The standard InChI is InChI=1S/C16H16N4OS/c1-11-4-6-12(7-5-11)20-16(17)18-9-13-10-22-15(19-13)14-3-2-8-21-14/h2-8,10H,9H2,1H3,(H3,17,18,20). The zero-order valence-electron chi connectivity index (χ0n) is 12.1. The lowest BCUT2D eigenvalue weighted by Crippen LogP contribution is -2.22. The van der Waals surface area contributed by atoms with Gasteiger partial charge in [-0.25, -0.2) is 9.98 Å². The van der Waals surface area contributed by atoms with Gasteiger partial charge in [0.25, 0.3) is 0 Å².